The van der Waals surface area contributed by atoms with Crippen molar-refractivity contribution >= 4 is 17.8 Å². The minimum atomic E-state index is 0.0859. The Labute approximate surface area is 114 Å². The van der Waals surface area contributed by atoms with Crippen molar-refractivity contribution in [2.45, 2.75) is 38.0 Å². The molecule has 2 aliphatic rings. The fourth-order valence-electron chi connectivity index (χ4n) is 2.54. The monoisotopic (exact) mass is 272 g/mol. The highest BCUT2D eigenvalue weighted by Gasteiger charge is 2.31. The Hall–Kier alpha value is -0.420. The maximum atomic E-state index is 12.2. The summed E-state index contributed by atoms with van der Waals surface area (Å²) < 4.78 is 5.55. The Morgan fingerprint density at radius 2 is 2.33 bits per heavy atom. The fourth-order valence-corrected chi connectivity index (χ4v) is 3.65. The Morgan fingerprint density at radius 3 is 2.94 bits per heavy atom. The molecule has 0 unspecified atom stereocenters. The number of urea groups is 1. The number of hydrogen-bond acceptors (Lipinski definition) is 3. The third kappa shape index (κ3) is 3.54. The minimum Gasteiger partial charge on any atom is -0.381 e. The number of nitrogens with zero attached hydrogens (tertiary/aromatic N) is 1. The van der Waals surface area contributed by atoms with Gasteiger partial charge in [0.15, 0.2) is 0 Å². The van der Waals surface area contributed by atoms with Crippen LogP contribution in [0.1, 0.15) is 27.2 Å². The molecule has 0 aromatic heterocycles. The molecule has 0 aliphatic carbocycles. The summed E-state index contributed by atoms with van der Waals surface area (Å²) in [6.45, 7) is 9.78. The van der Waals surface area contributed by atoms with E-state index in [1.807, 2.05) is 16.7 Å². The number of thioether (sulfide) groups is 1. The summed E-state index contributed by atoms with van der Waals surface area (Å²) in [5.41, 5.74) is 0. The van der Waals surface area contributed by atoms with Crippen molar-refractivity contribution < 1.29 is 9.53 Å². The van der Waals surface area contributed by atoms with Gasteiger partial charge in [0.25, 0.3) is 0 Å². The maximum absolute atomic E-state index is 12.2. The van der Waals surface area contributed by atoms with E-state index >= 15 is 0 Å². The van der Waals surface area contributed by atoms with Crippen molar-refractivity contribution in [3.8, 4) is 0 Å². The molecule has 4 nitrogen and oxygen atoms in total. The quantitative estimate of drug-likeness (QED) is 0.835. The molecule has 0 aromatic carbocycles. The predicted octanol–water partition coefficient (Wildman–Crippen LogP) is 1.95. The molecular formula is C13H24N2O2S. The standard InChI is InChI=1S/C13H24N2O2S/c1-10(11-4-6-17-8-11)14-12(16)15-5-7-18-13(2,3)9-15/h10-11H,4-9H2,1-3H3,(H,14,16)/t10-,11-/m0/s1. The Kier molecular flexibility index (Phi) is 4.43. The van der Waals surface area contributed by atoms with E-state index in [0.29, 0.717) is 5.92 Å². The van der Waals surface area contributed by atoms with Crippen LogP contribution in [-0.2, 0) is 4.74 Å². The minimum absolute atomic E-state index is 0.0859. The highest BCUT2D eigenvalue weighted by molar-refractivity contribution is 8.00. The molecule has 2 fully saturated rings. The summed E-state index contributed by atoms with van der Waals surface area (Å²) in [7, 11) is 0. The SMILES string of the molecule is C[C@H](NC(=O)N1CCSC(C)(C)C1)[C@H]1CCOC1. The van der Waals surface area contributed by atoms with Gasteiger partial charge in [-0.3, -0.25) is 0 Å². The molecule has 2 amide bonds. The zero-order valence-electron chi connectivity index (χ0n) is 11.6. The van der Waals surface area contributed by atoms with Crippen LogP contribution in [0.4, 0.5) is 4.79 Å². The molecule has 1 N–H and O–H groups in total. The first-order chi connectivity index (χ1) is 8.48. The van der Waals surface area contributed by atoms with Crippen molar-refractivity contribution in [2.24, 2.45) is 5.92 Å². The zero-order chi connectivity index (χ0) is 13.2. The van der Waals surface area contributed by atoms with Gasteiger partial charge < -0.3 is 15.0 Å². The molecule has 104 valence electrons. The molecular weight excluding hydrogens is 248 g/mol. The van der Waals surface area contributed by atoms with Gasteiger partial charge in [0.1, 0.15) is 0 Å². The van der Waals surface area contributed by atoms with Crippen LogP contribution >= 0.6 is 11.8 Å². The maximum Gasteiger partial charge on any atom is 0.317 e. The van der Waals surface area contributed by atoms with Crippen LogP contribution in [-0.4, -0.2) is 53.8 Å². The lowest BCUT2D eigenvalue weighted by Crippen LogP contribution is -2.52. The van der Waals surface area contributed by atoms with Crippen molar-refractivity contribution in [1.82, 2.24) is 10.2 Å². The zero-order valence-corrected chi connectivity index (χ0v) is 12.4. The topological polar surface area (TPSA) is 41.6 Å². The molecule has 2 aliphatic heterocycles. The van der Waals surface area contributed by atoms with Crippen LogP contribution in [0.25, 0.3) is 0 Å². The molecule has 2 saturated heterocycles. The van der Waals surface area contributed by atoms with E-state index in [0.717, 1.165) is 38.5 Å². The van der Waals surface area contributed by atoms with Gasteiger partial charge in [-0.15, -0.1) is 0 Å². The van der Waals surface area contributed by atoms with E-state index in [2.05, 4.69) is 26.1 Å². The summed E-state index contributed by atoms with van der Waals surface area (Å²) in [5.74, 6) is 1.50. The van der Waals surface area contributed by atoms with Gasteiger partial charge in [-0.05, 0) is 27.2 Å². The van der Waals surface area contributed by atoms with Crippen LogP contribution in [0.15, 0.2) is 0 Å². The predicted molar refractivity (Wildman–Crippen MR) is 75.0 cm³/mol. The second kappa shape index (κ2) is 5.70. The lowest BCUT2D eigenvalue weighted by Gasteiger charge is -2.38. The number of carbonyl (C=O) groups is 1. The molecule has 2 atom stereocenters. The third-order valence-electron chi connectivity index (χ3n) is 3.74. The fraction of sp³-hybridized carbons (Fsp3) is 0.923. The third-order valence-corrected chi connectivity index (χ3v) is 5.03. The first kappa shape index (κ1) is 14.0. The number of nitrogens with one attached hydrogen (secondary N) is 1. The lowest BCUT2D eigenvalue weighted by molar-refractivity contribution is 0.170. The van der Waals surface area contributed by atoms with Gasteiger partial charge in [0.2, 0.25) is 0 Å². The highest BCUT2D eigenvalue weighted by Crippen LogP contribution is 2.29. The highest BCUT2D eigenvalue weighted by atomic mass is 32.2. The van der Waals surface area contributed by atoms with Gasteiger partial charge in [-0.25, -0.2) is 4.79 Å². The van der Waals surface area contributed by atoms with Gasteiger partial charge in [-0.2, -0.15) is 11.8 Å². The Balaban J connectivity index is 1.83. The van der Waals surface area contributed by atoms with Gasteiger partial charge in [0.05, 0.1) is 6.61 Å². The summed E-state index contributed by atoms with van der Waals surface area (Å²) in [6, 6.07) is 0.292. The van der Waals surface area contributed by atoms with E-state index in [9.17, 15) is 4.79 Å². The number of ether oxygens (including phenoxy) is 1. The van der Waals surface area contributed by atoms with Crippen LogP contribution in [0.5, 0.6) is 0 Å². The van der Waals surface area contributed by atoms with Gasteiger partial charge >= 0.3 is 6.03 Å². The van der Waals surface area contributed by atoms with Gasteiger partial charge in [0, 0.05) is 42.2 Å². The number of carbonyl (C=O) groups excluding carboxylic acids is 1. The lowest BCUT2D eigenvalue weighted by atomic mass is 10.0. The summed E-state index contributed by atoms with van der Waals surface area (Å²) in [5, 5.41) is 3.13. The largest absolute Gasteiger partial charge is 0.381 e. The normalized spacial score (nSPS) is 29.1. The molecule has 2 rings (SSSR count). The summed E-state index contributed by atoms with van der Waals surface area (Å²) >= 11 is 1.94. The second-order valence-electron chi connectivity index (χ2n) is 5.89. The smallest absolute Gasteiger partial charge is 0.317 e. The molecule has 0 spiro atoms. The number of hydrogen-bond donors (Lipinski definition) is 1. The van der Waals surface area contributed by atoms with Gasteiger partial charge in [-0.1, -0.05) is 0 Å². The van der Waals surface area contributed by atoms with Crippen LogP contribution in [0, 0.1) is 5.92 Å². The van der Waals surface area contributed by atoms with Crippen molar-refractivity contribution in [1.29, 1.82) is 0 Å². The van der Waals surface area contributed by atoms with E-state index in [1.165, 1.54) is 0 Å². The molecule has 0 saturated carbocycles. The average Bonchev–Trinajstić information content (AvgIpc) is 2.80. The van der Waals surface area contributed by atoms with E-state index in [1.54, 1.807) is 0 Å². The molecule has 2 heterocycles. The molecule has 0 radical (unpaired) electrons. The first-order valence-electron chi connectivity index (χ1n) is 6.75. The Morgan fingerprint density at radius 1 is 1.56 bits per heavy atom. The van der Waals surface area contributed by atoms with Crippen LogP contribution in [0.3, 0.4) is 0 Å². The van der Waals surface area contributed by atoms with E-state index < -0.39 is 0 Å². The molecule has 0 aromatic rings. The summed E-state index contributed by atoms with van der Waals surface area (Å²) in [4.78, 5) is 14.2. The van der Waals surface area contributed by atoms with E-state index in [4.69, 9.17) is 4.74 Å². The molecule has 0 bridgehead atoms. The van der Waals surface area contributed by atoms with Crippen molar-refractivity contribution in [2.75, 3.05) is 32.1 Å². The van der Waals surface area contributed by atoms with Crippen LogP contribution in [0.2, 0.25) is 0 Å². The average molecular weight is 272 g/mol. The molecule has 5 heteroatoms. The molecule has 18 heavy (non-hydrogen) atoms. The van der Waals surface area contributed by atoms with Crippen molar-refractivity contribution in [3.63, 3.8) is 0 Å². The second-order valence-corrected chi connectivity index (χ2v) is 7.69. The summed E-state index contributed by atoms with van der Waals surface area (Å²) in [6.07, 6.45) is 1.06. The van der Waals surface area contributed by atoms with E-state index in [-0.39, 0.29) is 16.8 Å². The van der Waals surface area contributed by atoms with Crippen LogP contribution < -0.4 is 5.32 Å². The number of amides is 2. The van der Waals surface area contributed by atoms with Crippen molar-refractivity contribution in [3.05, 3.63) is 0 Å². The Bertz CT molecular complexity index is 303. The first-order valence-corrected chi connectivity index (χ1v) is 7.74. The number of rotatable bonds is 2.